The lowest BCUT2D eigenvalue weighted by atomic mass is 9.48. The molecule has 0 radical (unpaired) electrons. The van der Waals surface area contributed by atoms with Crippen molar-refractivity contribution in [3.63, 3.8) is 0 Å². The number of Topliss-reactive ketones (excluding diaryl/α,β-unsaturated/α-hetero) is 1. The number of allylic oxidation sites excluding steroid dienone is 6. The van der Waals surface area contributed by atoms with E-state index < -0.39 is 22.6 Å². The fourth-order valence-corrected chi connectivity index (χ4v) is 6.30. The van der Waals surface area contributed by atoms with Crippen LogP contribution in [0.4, 0.5) is 4.39 Å². The van der Waals surface area contributed by atoms with Crippen molar-refractivity contribution in [2.24, 2.45) is 28.6 Å². The third-order valence-corrected chi connectivity index (χ3v) is 7.75. The number of hydrogen-bond donors (Lipinski definition) is 1. The Labute approximate surface area is 147 Å². The Morgan fingerprint density at radius 1 is 1.32 bits per heavy atom. The van der Waals surface area contributed by atoms with E-state index in [0.717, 1.165) is 12.0 Å². The number of aliphatic hydroxyl groups is 1. The van der Waals surface area contributed by atoms with Crippen LogP contribution in [0, 0.1) is 28.6 Å². The van der Waals surface area contributed by atoms with E-state index in [2.05, 4.69) is 0 Å². The molecule has 0 heterocycles. The second kappa shape index (κ2) is 5.00. The molecule has 1 N–H and O–H groups in total. The van der Waals surface area contributed by atoms with Gasteiger partial charge in [-0.1, -0.05) is 32.1 Å². The van der Waals surface area contributed by atoms with Crippen molar-refractivity contribution in [3.8, 4) is 0 Å². The first-order valence-corrected chi connectivity index (χ1v) is 9.14. The molecule has 4 rings (SSSR count). The lowest BCUT2D eigenvalue weighted by Crippen LogP contribution is -2.59. The molecule has 0 aromatic rings. The van der Waals surface area contributed by atoms with E-state index in [1.165, 1.54) is 6.92 Å². The maximum absolute atomic E-state index is 15.5. The molecule has 25 heavy (non-hydrogen) atoms. The van der Waals surface area contributed by atoms with Crippen LogP contribution in [0.25, 0.3) is 0 Å². The quantitative estimate of drug-likeness (QED) is 0.794. The Bertz CT molecular complexity index is 750. The zero-order chi connectivity index (χ0) is 18.2. The molecule has 1 unspecified atom stereocenters. The number of hydrogen-bond acceptors (Lipinski definition) is 3. The van der Waals surface area contributed by atoms with E-state index in [-0.39, 0.29) is 35.7 Å². The van der Waals surface area contributed by atoms with Gasteiger partial charge in [-0.25, -0.2) is 4.39 Å². The first-order chi connectivity index (χ1) is 11.6. The minimum absolute atomic E-state index is 0.0397. The van der Waals surface area contributed by atoms with Crippen LogP contribution in [0.5, 0.6) is 0 Å². The van der Waals surface area contributed by atoms with E-state index in [0.29, 0.717) is 6.42 Å². The van der Waals surface area contributed by atoms with Gasteiger partial charge in [-0.05, 0) is 55.7 Å². The summed E-state index contributed by atoms with van der Waals surface area (Å²) in [5.74, 6) is -0.544. The lowest BCUT2D eigenvalue weighted by molar-refractivity contribution is -0.162. The minimum Gasteiger partial charge on any atom is -0.382 e. The predicted molar refractivity (Wildman–Crippen MR) is 92.4 cm³/mol. The standard InChI is InChI=1S/C21H25FO3/c1-12(23)21(25)9-7-16-15-5-4-13-10-14(24)6-8-19(13,2)18(15)17(22)11-20(16,21)3/h4-6,8,10,15-18,25H,7,9,11H2,1-3H3/t15-,16-,17?,18+,19-,20-,21-/m0/s1. The van der Waals surface area contributed by atoms with Gasteiger partial charge in [0.05, 0.1) is 0 Å². The van der Waals surface area contributed by atoms with Crippen LogP contribution in [-0.4, -0.2) is 28.4 Å². The molecule has 4 aliphatic carbocycles. The number of carbonyl (C=O) groups is 2. The summed E-state index contributed by atoms with van der Waals surface area (Å²) in [4.78, 5) is 23.9. The van der Waals surface area contributed by atoms with Crippen LogP contribution in [0.15, 0.2) is 36.0 Å². The van der Waals surface area contributed by atoms with Gasteiger partial charge in [0, 0.05) is 16.7 Å². The van der Waals surface area contributed by atoms with Crippen LogP contribution < -0.4 is 0 Å². The van der Waals surface area contributed by atoms with Crippen molar-refractivity contribution in [1.82, 2.24) is 0 Å². The van der Waals surface area contributed by atoms with E-state index in [1.54, 1.807) is 12.2 Å². The number of carbonyl (C=O) groups excluding carboxylic acids is 2. The average molecular weight is 344 g/mol. The van der Waals surface area contributed by atoms with Crippen molar-refractivity contribution >= 4 is 11.6 Å². The van der Waals surface area contributed by atoms with Crippen LogP contribution in [0.1, 0.15) is 40.0 Å². The molecule has 134 valence electrons. The largest absolute Gasteiger partial charge is 0.382 e. The summed E-state index contributed by atoms with van der Waals surface area (Å²) >= 11 is 0. The van der Waals surface area contributed by atoms with Gasteiger partial charge >= 0.3 is 0 Å². The molecule has 4 heteroatoms. The fraction of sp³-hybridized carbons (Fsp3) is 0.619. The number of fused-ring (bicyclic) bond motifs is 5. The number of alkyl halides is 1. The first kappa shape index (κ1) is 16.9. The van der Waals surface area contributed by atoms with Gasteiger partial charge in [0.25, 0.3) is 0 Å². The summed E-state index contributed by atoms with van der Waals surface area (Å²) in [6.07, 6.45) is 9.15. The van der Waals surface area contributed by atoms with Gasteiger partial charge in [-0.3, -0.25) is 9.59 Å². The van der Waals surface area contributed by atoms with Crippen molar-refractivity contribution in [2.45, 2.75) is 51.8 Å². The third-order valence-electron chi connectivity index (χ3n) is 7.75. The molecule has 0 amide bonds. The van der Waals surface area contributed by atoms with E-state index in [1.807, 2.05) is 32.1 Å². The number of rotatable bonds is 1. The predicted octanol–water partition coefficient (Wildman–Crippen LogP) is 3.34. The summed E-state index contributed by atoms with van der Waals surface area (Å²) in [6, 6.07) is 0. The van der Waals surface area contributed by atoms with Crippen LogP contribution in [0.3, 0.4) is 0 Å². The highest BCUT2D eigenvalue weighted by Gasteiger charge is 2.67. The smallest absolute Gasteiger partial charge is 0.178 e. The van der Waals surface area contributed by atoms with Gasteiger partial charge in [0.1, 0.15) is 11.8 Å². The Morgan fingerprint density at radius 2 is 2.04 bits per heavy atom. The molecule has 0 saturated heterocycles. The summed E-state index contributed by atoms with van der Waals surface area (Å²) < 4.78 is 15.5. The van der Waals surface area contributed by atoms with Gasteiger partial charge in [0.2, 0.25) is 0 Å². The molecule has 0 aromatic heterocycles. The maximum atomic E-state index is 15.5. The summed E-state index contributed by atoms with van der Waals surface area (Å²) in [7, 11) is 0. The van der Waals surface area contributed by atoms with Crippen molar-refractivity contribution in [1.29, 1.82) is 0 Å². The van der Waals surface area contributed by atoms with E-state index >= 15 is 4.39 Å². The number of halogens is 1. The van der Waals surface area contributed by atoms with Crippen LogP contribution >= 0.6 is 0 Å². The molecule has 0 bridgehead atoms. The molecule has 0 spiro atoms. The molecule has 2 saturated carbocycles. The SMILES string of the molecule is CC(=O)[C@@]1(O)CC[C@H]2[C@@H]3C=CC4=CC(=O)C=C[C@]4(C)[C@H]3C(F)C[C@@]21C. The van der Waals surface area contributed by atoms with Gasteiger partial charge in [-0.2, -0.15) is 0 Å². The fourth-order valence-electron chi connectivity index (χ4n) is 6.30. The summed E-state index contributed by atoms with van der Waals surface area (Å²) in [6.45, 7) is 5.31. The third kappa shape index (κ3) is 1.95. The molecular weight excluding hydrogens is 319 g/mol. The van der Waals surface area contributed by atoms with Crippen LogP contribution in [0.2, 0.25) is 0 Å². The second-order valence-electron chi connectivity index (χ2n) is 8.78. The highest BCUT2D eigenvalue weighted by molar-refractivity contribution is 6.01. The highest BCUT2D eigenvalue weighted by Crippen LogP contribution is 2.66. The summed E-state index contributed by atoms with van der Waals surface area (Å²) in [5.41, 5.74) is -1.82. The second-order valence-corrected chi connectivity index (χ2v) is 8.78. The Balaban J connectivity index is 1.82. The average Bonchev–Trinajstić information content (AvgIpc) is 2.80. The Hall–Kier alpha value is -1.55. The Morgan fingerprint density at radius 3 is 2.72 bits per heavy atom. The first-order valence-electron chi connectivity index (χ1n) is 9.14. The molecule has 2 fully saturated rings. The summed E-state index contributed by atoms with van der Waals surface area (Å²) in [5, 5.41) is 11.1. The molecule has 3 nitrogen and oxygen atoms in total. The normalized spacial score (nSPS) is 50.8. The van der Waals surface area contributed by atoms with Crippen LogP contribution in [-0.2, 0) is 9.59 Å². The molecule has 0 aliphatic heterocycles. The van der Waals surface area contributed by atoms with E-state index in [9.17, 15) is 14.7 Å². The van der Waals surface area contributed by atoms with Gasteiger partial charge in [0.15, 0.2) is 11.6 Å². The zero-order valence-corrected chi connectivity index (χ0v) is 15.0. The van der Waals surface area contributed by atoms with Crippen molar-refractivity contribution in [3.05, 3.63) is 36.0 Å². The highest BCUT2D eigenvalue weighted by atomic mass is 19.1. The van der Waals surface area contributed by atoms with Crippen molar-refractivity contribution < 1.29 is 19.1 Å². The molecule has 0 aromatic carbocycles. The molecule has 4 aliphatic rings. The number of ketones is 2. The Kier molecular flexibility index (Phi) is 3.38. The van der Waals surface area contributed by atoms with Crippen molar-refractivity contribution in [2.75, 3.05) is 0 Å². The van der Waals surface area contributed by atoms with Gasteiger partial charge < -0.3 is 5.11 Å². The lowest BCUT2D eigenvalue weighted by Gasteiger charge is -2.57. The molecular formula is C21H25FO3. The molecule has 7 atom stereocenters. The monoisotopic (exact) mass is 344 g/mol. The topological polar surface area (TPSA) is 54.4 Å². The zero-order valence-electron chi connectivity index (χ0n) is 15.0. The minimum atomic E-state index is -1.43. The van der Waals surface area contributed by atoms with E-state index in [4.69, 9.17) is 0 Å². The van der Waals surface area contributed by atoms with Gasteiger partial charge in [-0.15, -0.1) is 0 Å². The maximum Gasteiger partial charge on any atom is 0.178 e.